The number of aromatic nitrogens is 1. The third-order valence-corrected chi connectivity index (χ3v) is 5.40. The molecule has 0 amide bonds. The fourth-order valence-electron chi connectivity index (χ4n) is 3.67. The summed E-state index contributed by atoms with van der Waals surface area (Å²) in [4.78, 5) is 9.56. The number of nitrogens with zero attached hydrogens (tertiary/aromatic N) is 4. The van der Waals surface area contributed by atoms with Crippen molar-refractivity contribution in [2.45, 2.75) is 39.8 Å². The minimum absolute atomic E-state index is 0. The normalized spacial score (nSPS) is 16.5. The second-order valence-electron chi connectivity index (χ2n) is 7.99. The molecule has 8 nitrogen and oxygen atoms in total. The van der Waals surface area contributed by atoms with Crippen LogP contribution in [0.4, 0.5) is 0 Å². The van der Waals surface area contributed by atoms with Crippen LogP contribution in [-0.4, -0.2) is 60.4 Å². The highest BCUT2D eigenvalue weighted by atomic mass is 127. The Labute approximate surface area is 201 Å². The number of fused-ring (bicyclic) bond motifs is 1. The van der Waals surface area contributed by atoms with Crippen molar-refractivity contribution in [2.75, 3.05) is 39.5 Å². The minimum Gasteiger partial charge on any atom is -0.454 e. The first-order valence-electron chi connectivity index (χ1n) is 10.7. The van der Waals surface area contributed by atoms with E-state index in [1.54, 1.807) is 0 Å². The van der Waals surface area contributed by atoms with E-state index in [1.807, 2.05) is 12.1 Å². The molecule has 9 heteroatoms. The molecule has 0 saturated carbocycles. The molecule has 170 valence electrons. The summed E-state index contributed by atoms with van der Waals surface area (Å²) in [5, 5.41) is 7.53. The molecular formula is C22H32IN5O3. The summed E-state index contributed by atoms with van der Waals surface area (Å²) in [6, 6.07) is 8.20. The van der Waals surface area contributed by atoms with Crippen molar-refractivity contribution >= 4 is 29.9 Å². The van der Waals surface area contributed by atoms with Crippen molar-refractivity contribution in [1.29, 1.82) is 0 Å². The van der Waals surface area contributed by atoms with Crippen molar-refractivity contribution in [3.05, 3.63) is 41.3 Å². The van der Waals surface area contributed by atoms with Gasteiger partial charge in [-0.3, -0.25) is 4.90 Å². The molecule has 2 aliphatic heterocycles. The summed E-state index contributed by atoms with van der Waals surface area (Å²) in [6.45, 7) is 12.7. The zero-order valence-corrected chi connectivity index (χ0v) is 20.8. The van der Waals surface area contributed by atoms with E-state index in [1.165, 1.54) is 5.56 Å². The standard InChI is InChI=1S/C22H31N5O3.HI/c1-4-23-22(24-13-18-12-19(16(2)3)25-30-18)27-9-7-26(8-10-27)14-17-5-6-20-21(11-17)29-15-28-20;/h5-6,11-12,16H,4,7-10,13-15H2,1-3H3,(H,23,24);1H. The zero-order chi connectivity index (χ0) is 20.9. The Morgan fingerprint density at radius 2 is 1.90 bits per heavy atom. The number of benzene rings is 1. The first-order chi connectivity index (χ1) is 14.6. The Balaban J connectivity index is 0.00000272. The monoisotopic (exact) mass is 541 g/mol. The van der Waals surface area contributed by atoms with Crippen LogP contribution >= 0.6 is 24.0 Å². The SMILES string of the molecule is CCNC(=NCc1cc(C(C)C)no1)N1CCN(Cc2ccc3c(c2)OCO3)CC1.I. The molecule has 1 saturated heterocycles. The molecule has 31 heavy (non-hydrogen) atoms. The maximum atomic E-state index is 5.50. The smallest absolute Gasteiger partial charge is 0.231 e. The summed E-state index contributed by atoms with van der Waals surface area (Å²) < 4.78 is 16.3. The Bertz CT molecular complexity index is 878. The van der Waals surface area contributed by atoms with Gasteiger partial charge in [0, 0.05) is 45.3 Å². The van der Waals surface area contributed by atoms with Gasteiger partial charge in [-0.15, -0.1) is 24.0 Å². The van der Waals surface area contributed by atoms with Gasteiger partial charge in [0.25, 0.3) is 0 Å². The van der Waals surface area contributed by atoms with Crippen LogP contribution in [0.15, 0.2) is 33.8 Å². The first kappa shape index (κ1) is 23.6. The second-order valence-corrected chi connectivity index (χ2v) is 7.99. The Morgan fingerprint density at radius 1 is 1.13 bits per heavy atom. The van der Waals surface area contributed by atoms with E-state index in [0.29, 0.717) is 19.3 Å². The maximum absolute atomic E-state index is 5.50. The summed E-state index contributed by atoms with van der Waals surface area (Å²) in [6.07, 6.45) is 0. The largest absolute Gasteiger partial charge is 0.454 e. The van der Waals surface area contributed by atoms with Crippen LogP contribution in [0.2, 0.25) is 0 Å². The number of hydrogen-bond acceptors (Lipinski definition) is 6. The van der Waals surface area contributed by atoms with Gasteiger partial charge in [-0.1, -0.05) is 25.1 Å². The molecule has 4 rings (SSSR count). The fourth-order valence-corrected chi connectivity index (χ4v) is 3.67. The van der Waals surface area contributed by atoms with Gasteiger partial charge in [-0.25, -0.2) is 4.99 Å². The number of halogens is 1. The highest BCUT2D eigenvalue weighted by molar-refractivity contribution is 14.0. The molecule has 0 aliphatic carbocycles. The van der Waals surface area contributed by atoms with Gasteiger partial charge in [-0.05, 0) is 30.5 Å². The van der Waals surface area contributed by atoms with Crippen LogP contribution in [0.5, 0.6) is 11.5 Å². The van der Waals surface area contributed by atoms with E-state index in [2.05, 4.69) is 53.2 Å². The molecule has 0 bridgehead atoms. The number of guanidine groups is 1. The van der Waals surface area contributed by atoms with E-state index in [9.17, 15) is 0 Å². The molecule has 2 aliphatic rings. The molecule has 1 fully saturated rings. The number of aliphatic imine (C=N–C) groups is 1. The molecule has 3 heterocycles. The summed E-state index contributed by atoms with van der Waals surface area (Å²) in [5.74, 6) is 3.78. The molecule has 0 unspecified atom stereocenters. The third kappa shape index (κ3) is 6.03. The van der Waals surface area contributed by atoms with Crippen molar-refractivity contribution in [2.24, 2.45) is 4.99 Å². The first-order valence-corrected chi connectivity index (χ1v) is 10.7. The molecular weight excluding hydrogens is 509 g/mol. The Hall–Kier alpha value is -2.01. The summed E-state index contributed by atoms with van der Waals surface area (Å²) in [7, 11) is 0. The van der Waals surface area contributed by atoms with Crippen LogP contribution in [0.3, 0.4) is 0 Å². The topological polar surface area (TPSA) is 75.4 Å². The predicted molar refractivity (Wildman–Crippen MR) is 130 cm³/mol. The van der Waals surface area contributed by atoms with Crippen LogP contribution in [0.1, 0.15) is 43.7 Å². The summed E-state index contributed by atoms with van der Waals surface area (Å²) in [5.41, 5.74) is 2.22. The van der Waals surface area contributed by atoms with Gasteiger partial charge in [0.1, 0.15) is 6.54 Å². The lowest BCUT2D eigenvalue weighted by atomic mass is 10.1. The lowest BCUT2D eigenvalue weighted by Crippen LogP contribution is -2.52. The van der Waals surface area contributed by atoms with Crippen molar-refractivity contribution in [3.8, 4) is 11.5 Å². The van der Waals surface area contributed by atoms with Crippen LogP contribution in [-0.2, 0) is 13.1 Å². The second kappa shape index (κ2) is 11.0. The molecule has 0 atom stereocenters. The lowest BCUT2D eigenvalue weighted by Gasteiger charge is -2.36. The number of ether oxygens (including phenoxy) is 2. The van der Waals surface area contributed by atoms with Crippen LogP contribution in [0.25, 0.3) is 0 Å². The van der Waals surface area contributed by atoms with Gasteiger partial charge < -0.3 is 24.2 Å². The van der Waals surface area contributed by atoms with Gasteiger partial charge in [0.15, 0.2) is 23.2 Å². The highest BCUT2D eigenvalue weighted by Crippen LogP contribution is 2.32. The molecule has 1 aromatic carbocycles. The van der Waals surface area contributed by atoms with Gasteiger partial charge in [0.05, 0.1) is 5.69 Å². The van der Waals surface area contributed by atoms with Crippen molar-refractivity contribution < 1.29 is 14.0 Å². The van der Waals surface area contributed by atoms with Crippen molar-refractivity contribution in [1.82, 2.24) is 20.3 Å². The Morgan fingerprint density at radius 3 is 2.61 bits per heavy atom. The van der Waals surface area contributed by atoms with Gasteiger partial charge >= 0.3 is 0 Å². The quantitative estimate of drug-likeness (QED) is 0.341. The van der Waals surface area contributed by atoms with Gasteiger partial charge in [-0.2, -0.15) is 0 Å². The fraction of sp³-hybridized carbons (Fsp3) is 0.545. The average Bonchev–Trinajstić information content (AvgIpc) is 3.41. The van der Waals surface area contributed by atoms with Crippen LogP contribution < -0.4 is 14.8 Å². The van der Waals surface area contributed by atoms with E-state index in [4.69, 9.17) is 19.0 Å². The van der Waals surface area contributed by atoms with Crippen molar-refractivity contribution in [3.63, 3.8) is 0 Å². The number of rotatable bonds is 6. The zero-order valence-electron chi connectivity index (χ0n) is 18.5. The molecule has 0 spiro atoms. The predicted octanol–water partition coefficient (Wildman–Crippen LogP) is 3.43. The summed E-state index contributed by atoms with van der Waals surface area (Å²) >= 11 is 0. The Kier molecular flexibility index (Phi) is 8.42. The van der Waals surface area contributed by atoms with E-state index in [0.717, 1.165) is 68.2 Å². The highest BCUT2D eigenvalue weighted by Gasteiger charge is 2.21. The average molecular weight is 541 g/mol. The van der Waals surface area contributed by atoms with Gasteiger partial charge in [0.2, 0.25) is 6.79 Å². The number of nitrogens with one attached hydrogen (secondary N) is 1. The number of piperazine rings is 1. The molecule has 0 radical (unpaired) electrons. The lowest BCUT2D eigenvalue weighted by molar-refractivity contribution is 0.171. The molecule has 1 aromatic heterocycles. The van der Waals surface area contributed by atoms with E-state index in [-0.39, 0.29) is 24.0 Å². The minimum atomic E-state index is 0. The van der Waals surface area contributed by atoms with Crippen LogP contribution in [0, 0.1) is 0 Å². The molecule has 2 aromatic rings. The molecule has 1 N–H and O–H groups in total. The van der Waals surface area contributed by atoms with E-state index >= 15 is 0 Å². The number of hydrogen-bond donors (Lipinski definition) is 1. The van der Waals surface area contributed by atoms with E-state index < -0.39 is 0 Å². The maximum Gasteiger partial charge on any atom is 0.231 e. The third-order valence-electron chi connectivity index (χ3n) is 5.40.